The van der Waals surface area contributed by atoms with Crippen molar-refractivity contribution in [2.45, 2.75) is 12.8 Å². The third-order valence-corrected chi connectivity index (χ3v) is 5.20. The fraction of sp³-hybridized carbons (Fsp3) is 0.120. The summed E-state index contributed by atoms with van der Waals surface area (Å²) in [4.78, 5) is 12.4. The first-order chi connectivity index (χ1) is 14.7. The van der Waals surface area contributed by atoms with Crippen LogP contribution in [0.5, 0.6) is 0 Å². The van der Waals surface area contributed by atoms with E-state index in [1.807, 2.05) is 72.8 Å². The predicted molar refractivity (Wildman–Crippen MR) is 122 cm³/mol. The first-order valence-corrected chi connectivity index (χ1v) is 10.3. The number of carbonyl (C=O) groups is 1. The van der Waals surface area contributed by atoms with Crippen LogP contribution in [0.1, 0.15) is 22.3 Å². The topological polar surface area (TPSA) is 57.8 Å². The molecular weight excluding hydrogens is 394 g/mol. The standard InChI is InChI=1S/C25H22ClN3O/c26-22-14-12-20(13-15-22)24-17-23(28-29-24)19-8-10-21(11-9-19)25(30)27-16-4-7-18-5-2-1-3-6-18/h1-3,5-6,8-15,17H,4,7,16H2,(H,27,30)(H,28,29). The number of aryl methyl sites for hydroxylation is 1. The Kier molecular flexibility index (Phi) is 6.26. The van der Waals surface area contributed by atoms with Crippen LogP contribution in [0.25, 0.3) is 22.5 Å². The van der Waals surface area contributed by atoms with Gasteiger partial charge in [-0.05, 0) is 54.3 Å². The third kappa shape index (κ3) is 4.97. The molecular formula is C25H22ClN3O. The van der Waals surface area contributed by atoms with Crippen LogP contribution in [0.3, 0.4) is 0 Å². The summed E-state index contributed by atoms with van der Waals surface area (Å²) in [7, 11) is 0. The lowest BCUT2D eigenvalue weighted by Crippen LogP contribution is -2.24. The van der Waals surface area contributed by atoms with E-state index in [2.05, 4.69) is 27.6 Å². The van der Waals surface area contributed by atoms with E-state index in [0.717, 1.165) is 35.4 Å². The van der Waals surface area contributed by atoms with Gasteiger partial charge in [-0.3, -0.25) is 9.89 Å². The van der Waals surface area contributed by atoms with E-state index in [9.17, 15) is 4.79 Å². The minimum Gasteiger partial charge on any atom is -0.352 e. The van der Waals surface area contributed by atoms with Crippen LogP contribution in [0.4, 0.5) is 0 Å². The SMILES string of the molecule is O=C(NCCCc1ccccc1)c1ccc(-c2cc(-c3ccc(Cl)cc3)[nH]n2)cc1. The number of hydrogen-bond acceptors (Lipinski definition) is 2. The van der Waals surface area contributed by atoms with Crippen LogP contribution in [0.2, 0.25) is 5.02 Å². The summed E-state index contributed by atoms with van der Waals surface area (Å²) in [5, 5.41) is 11.1. The first kappa shape index (κ1) is 19.9. The van der Waals surface area contributed by atoms with Gasteiger partial charge < -0.3 is 5.32 Å². The zero-order valence-corrected chi connectivity index (χ0v) is 17.2. The lowest BCUT2D eigenvalue weighted by Gasteiger charge is -2.06. The smallest absolute Gasteiger partial charge is 0.251 e. The van der Waals surface area contributed by atoms with Crippen molar-refractivity contribution in [1.82, 2.24) is 15.5 Å². The Balaban J connectivity index is 1.33. The normalized spacial score (nSPS) is 10.7. The molecule has 30 heavy (non-hydrogen) atoms. The molecule has 4 rings (SSSR count). The molecule has 0 unspecified atom stereocenters. The van der Waals surface area contributed by atoms with Crippen molar-refractivity contribution in [1.29, 1.82) is 0 Å². The molecule has 0 saturated heterocycles. The third-order valence-electron chi connectivity index (χ3n) is 4.95. The molecule has 3 aromatic carbocycles. The number of H-pyrrole nitrogens is 1. The molecule has 0 aliphatic rings. The number of aromatic amines is 1. The van der Waals surface area contributed by atoms with E-state index in [4.69, 9.17) is 11.6 Å². The van der Waals surface area contributed by atoms with Gasteiger partial charge in [-0.2, -0.15) is 5.10 Å². The molecule has 0 radical (unpaired) electrons. The lowest BCUT2D eigenvalue weighted by molar-refractivity contribution is 0.0953. The van der Waals surface area contributed by atoms with E-state index < -0.39 is 0 Å². The molecule has 1 aromatic heterocycles. The maximum atomic E-state index is 12.4. The minimum atomic E-state index is -0.0570. The summed E-state index contributed by atoms with van der Waals surface area (Å²) in [5.41, 5.74) is 5.65. The van der Waals surface area contributed by atoms with Crippen molar-refractivity contribution in [2.24, 2.45) is 0 Å². The van der Waals surface area contributed by atoms with Crippen molar-refractivity contribution >= 4 is 17.5 Å². The van der Waals surface area contributed by atoms with Gasteiger partial charge in [-0.25, -0.2) is 0 Å². The molecule has 0 fully saturated rings. The van der Waals surface area contributed by atoms with Crippen LogP contribution in [-0.2, 0) is 6.42 Å². The molecule has 2 N–H and O–H groups in total. The summed E-state index contributed by atoms with van der Waals surface area (Å²) < 4.78 is 0. The number of halogens is 1. The highest BCUT2D eigenvalue weighted by molar-refractivity contribution is 6.30. The average Bonchev–Trinajstić information content (AvgIpc) is 3.28. The Labute approximate surface area is 180 Å². The van der Waals surface area contributed by atoms with Crippen molar-refractivity contribution in [3.8, 4) is 22.5 Å². The highest BCUT2D eigenvalue weighted by Gasteiger charge is 2.09. The fourth-order valence-electron chi connectivity index (χ4n) is 3.28. The number of nitrogens with zero attached hydrogens (tertiary/aromatic N) is 1. The van der Waals surface area contributed by atoms with Crippen LogP contribution in [0, 0.1) is 0 Å². The number of nitrogens with one attached hydrogen (secondary N) is 2. The number of amides is 1. The van der Waals surface area contributed by atoms with Crippen LogP contribution < -0.4 is 5.32 Å². The highest BCUT2D eigenvalue weighted by Crippen LogP contribution is 2.25. The second-order valence-corrected chi connectivity index (χ2v) is 7.53. The maximum absolute atomic E-state index is 12.4. The monoisotopic (exact) mass is 415 g/mol. The summed E-state index contributed by atoms with van der Waals surface area (Å²) >= 11 is 5.95. The van der Waals surface area contributed by atoms with Crippen molar-refractivity contribution in [2.75, 3.05) is 6.54 Å². The molecule has 0 atom stereocenters. The Morgan fingerprint density at radius 1 is 0.900 bits per heavy atom. The van der Waals surface area contributed by atoms with E-state index in [1.54, 1.807) is 0 Å². The molecule has 4 aromatic rings. The fourth-order valence-corrected chi connectivity index (χ4v) is 3.41. The van der Waals surface area contributed by atoms with Gasteiger partial charge >= 0.3 is 0 Å². The molecule has 1 amide bonds. The first-order valence-electron chi connectivity index (χ1n) is 9.93. The maximum Gasteiger partial charge on any atom is 0.251 e. The summed E-state index contributed by atoms with van der Waals surface area (Å²) in [6, 6.07) is 27.4. The second kappa shape index (κ2) is 9.42. The molecule has 4 nitrogen and oxygen atoms in total. The lowest BCUT2D eigenvalue weighted by atomic mass is 10.1. The molecule has 1 heterocycles. The van der Waals surface area contributed by atoms with Gasteiger partial charge in [0.2, 0.25) is 0 Å². The molecule has 0 bridgehead atoms. The van der Waals surface area contributed by atoms with Crippen molar-refractivity contribution < 1.29 is 4.79 Å². The van der Waals surface area contributed by atoms with Crippen LogP contribution in [-0.4, -0.2) is 22.6 Å². The zero-order valence-electron chi connectivity index (χ0n) is 16.4. The zero-order chi connectivity index (χ0) is 20.8. The molecule has 0 aliphatic heterocycles. The van der Waals surface area contributed by atoms with E-state index >= 15 is 0 Å². The molecule has 0 spiro atoms. The van der Waals surface area contributed by atoms with Crippen LogP contribution >= 0.6 is 11.6 Å². The number of carbonyl (C=O) groups excluding carboxylic acids is 1. The van der Waals surface area contributed by atoms with Crippen LogP contribution in [0.15, 0.2) is 84.9 Å². The van der Waals surface area contributed by atoms with E-state index in [1.165, 1.54) is 5.56 Å². The quantitative estimate of drug-likeness (QED) is 0.377. The van der Waals surface area contributed by atoms with Gasteiger partial charge in [0.15, 0.2) is 0 Å². The number of benzene rings is 3. The number of rotatable bonds is 7. The van der Waals surface area contributed by atoms with Gasteiger partial charge in [0.25, 0.3) is 5.91 Å². The average molecular weight is 416 g/mol. The number of aromatic nitrogens is 2. The van der Waals surface area contributed by atoms with Gasteiger partial charge in [0.1, 0.15) is 0 Å². The Hall–Kier alpha value is -3.37. The summed E-state index contributed by atoms with van der Waals surface area (Å²) in [5.74, 6) is -0.0570. The predicted octanol–water partition coefficient (Wildman–Crippen LogP) is 5.76. The molecule has 150 valence electrons. The molecule has 0 saturated carbocycles. The van der Waals surface area contributed by atoms with Crippen molar-refractivity contribution in [3.05, 3.63) is 101 Å². The Morgan fingerprint density at radius 2 is 1.60 bits per heavy atom. The van der Waals surface area contributed by atoms with E-state index in [-0.39, 0.29) is 5.91 Å². The summed E-state index contributed by atoms with van der Waals surface area (Å²) in [6.07, 6.45) is 1.86. The number of hydrogen-bond donors (Lipinski definition) is 2. The van der Waals surface area contributed by atoms with E-state index in [0.29, 0.717) is 17.1 Å². The Bertz CT molecular complexity index is 1100. The highest BCUT2D eigenvalue weighted by atomic mass is 35.5. The van der Waals surface area contributed by atoms with Gasteiger partial charge in [0.05, 0.1) is 11.4 Å². The largest absolute Gasteiger partial charge is 0.352 e. The van der Waals surface area contributed by atoms with Gasteiger partial charge in [0, 0.05) is 22.7 Å². The minimum absolute atomic E-state index is 0.0570. The van der Waals surface area contributed by atoms with Crippen molar-refractivity contribution in [3.63, 3.8) is 0 Å². The Morgan fingerprint density at radius 3 is 2.33 bits per heavy atom. The summed E-state index contributed by atoms with van der Waals surface area (Å²) in [6.45, 7) is 0.652. The van der Waals surface area contributed by atoms with Gasteiger partial charge in [-0.15, -0.1) is 0 Å². The molecule has 5 heteroatoms. The van der Waals surface area contributed by atoms with Gasteiger partial charge in [-0.1, -0.05) is 66.2 Å². The second-order valence-electron chi connectivity index (χ2n) is 7.10. The molecule has 0 aliphatic carbocycles.